The zero-order valence-corrected chi connectivity index (χ0v) is 17.6. The van der Waals surface area contributed by atoms with Gasteiger partial charge in [0.25, 0.3) is 5.91 Å². The van der Waals surface area contributed by atoms with Gasteiger partial charge in [0.05, 0.1) is 0 Å². The van der Waals surface area contributed by atoms with Gasteiger partial charge in [-0.1, -0.05) is 53.8 Å². The number of benzene rings is 2. The molecule has 1 aliphatic rings. The number of anilines is 2. The number of carbonyl (C=O) groups is 2. The molecule has 0 radical (unpaired) electrons. The Balaban J connectivity index is 1.42. The van der Waals surface area contributed by atoms with Crippen LogP contribution in [0.4, 0.5) is 10.8 Å². The largest absolute Gasteiger partial charge is 0.312 e. The third-order valence-electron chi connectivity index (χ3n) is 4.99. The van der Waals surface area contributed by atoms with Crippen molar-refractivity contribution in [3.8, 4) is 0 Å². The van der Waals surface area contributed by atoms with Crippen LogP contribution in [-0.4, -0.2) is 28.6 Å². The van der Waals surface area contributed by atoms with Crippen LogP contribution in [0.25, 0.3) is 6.08 Å². The molecule has 0 aliphatic carbocycles. The monoisotopic (exact) mass is 418 g/mol. The van der Waals surface area contributed by atoms with E-state index in [2.05, 4.69) is 15.5 Å². The summed E-state index contributed by atoms with van der Waals surface area (Å²) in [4.78, 5) is 26.8. The van der Waals surface area contributed by atoms with Crippen LogP contribution >= 0.6 is 11.3 Å². The highest BCUT2D eigenvalue weighted by Gasteiger charge is 2.34. The van der Waals surface area contributed by atoms with Gasteiger partial charge in [0, 0.05) is 30.1 Å². The van der Waals surface area contributed by atoms with E-state index in [1.807, 2.05) is 67.6 Å². The fourth-order valence-electron chi connectivity index (χ4n) is 3.43. The molecule has 1 aliphatic heterocycles. The molecule has 6 nitrogen and oxygen atoms in total. The summed E-state index contributed by atoms with van der Waals surface area (Å²) >= 11 is 1.32. The summed E-state index contributed by atoms with van der Waals surface area (Å²) in [5, 5.41) is 12.3. The Bertz CT molecular complexity index is 1110. The van der Waals surface area contributed by atoms with E-state index >= 15 is 0 Å². The van der Waals surface area contributed by atoms with Gasteiger partial charge in [-0.05, 0) is 43.2 Å². The summed E-state index contributed by atoms with van der Waals surface area (Å²) in [6.45, 7) is 4.34. The smallest absolute Gasteiger partial charge is 0.253 e. The molecule has 1 atom stereocenters. The van der Waals surface area contributed by atoms with Crippen molar-refractivity contribution in [2.45, 2.75) is 26.2 Å². The third-order valence-corrected chi connectivity index (χ3v) is 5.99. The van der Waals surface area contributed by atoms with Crippen molar-refractivity contribution < 1.29 is 9.59 Å². The molecule has 152 valence electrons. The minimum Gasteiger partial charge on any atom is -0.312 e. The first-order valence-electron chi connectivity index (χ1n) is 9.75. The topological polar surface area (TPSA) is 75.2 Å². The predicted octanol–water partition coefficient (Wildman–Crippen LogP) is 4.41. The second-order valence-corrected chi connectivity index (χ2v) is 8.39. The first-order chi connectivity index (χ1) is 14.5. The van der Waals surface area contributed by atoms with E-state index in [0.717, 1.165) is 21.8 Å². The Hall–Kier alpha value is -3.32. The first-order valence-corrected chi connectivity index (χ1v) is 10.6. The van der Waals surface area contributed by atoms with Crippen molar-refractivity contribution >= 4 is 40.0 Å². The van der Waals surface area contributed by atoms with Gasteiger partial charge in [-0.15, -0.1) is 10.2 Å². The van der Waals surface area contributed by atoms with Crippen molar-refractivity contribution in [1.82, 2.24) is 10.2 Å². The Morgan fingerprint density at radius 3 is 2.73 bits per heavy atom. The number of rotatable bonds is 5. The van der Waals surface area contributed by atoms with Crippen LogP contribution in [0.5, 0.6) is 0 Å². The first kappa shape index (κ1) is 20.0. The second-order valence-electron chi connectivity index (χ2n) is 7.38. The van der Waals surface area contributed by atoms with E-state index < -0.39 is 0 Å². The molecule has 7 heteroatoms. The molecule has 2 aromatic carbocycles. The third kappa shape index (κ3) is 4.46. The zero-order chi connectivity index (χ0) is 21.1. The summed E-state index contributed by atoms with van der Waals surface area (Å²) in [6, 6.07) is 17.6. The maximum atomic E-state index is 12.5. The fraction of sp³-hybridized carbons (Fsp3) is 0.217. The fourth-order valence-corrected chi connectivity index (χ4v) is 4.26. The van der Waals surface area contributed by atoms with Gasteiger partial charge in [0.15, 0.2) is 0 Å². The van der Waals surface area contributed by atoms with E-state index in [4.69, 9.17) is 0 Å². The maximum absolute atomic E-state index is 12.5. The van der Waals surface area contributed by atoms with E-state index in [-0.39, 0.29) is 17.7 Å². The van der Waals surface area contributed by atoms with Crippen LogP contribution < -0.4 is 10.2 Å². The summed E-state index contributed by atoms with van der Waals surface area (Å²) in [6.07, 6.45) is 2.22. The number of hydrogen-bond acceptors (Lipinski definition) is 5. The molecule has 3 aromatic rings. The standard InChI is InChI=1S/C23H22N4O2S/c1-15-7-6-10-19(11-15)27-14-18(13-20(27)28)22-25-26-23(30-22)24-21(29)16(2)12-17-8-4-3-5-9-17/h3-12,18H,13-14H2,1-2H3,(H,24,26,29)/b16-12+. The number of aryl methyl sites for hydroxylation is 1. The Morgan fingerprint density at radius 1 is 1.17 bits per heavy atom. The molecule has 0 saturated carbocycles. The van der Waals surface area contributed by atoms with Crippen LogP contribution in [0.1, 0.15) is 35.4 Å². The molecule has 0 spiro atoms. The lowest BCUT2D eigenvalue weighted by Crippen LogP contribution is -2.24. The lowest BCUT2D eigenvalue weighted by atomic mass is 10.1. The quantitative estimate of drug-likeness (QED) is 0.623. The van der Waals surface area contributed by atoms with Crippen LogP contribution in [0, 0.1) is 6.92 Å². The van der Waals surface area contributed by atoms with E-state index in [0.29, 0.717) is 23.7 Å². The Kier molecular flexibility index (Phi) is 5.72. The average Bonchev–Trinajstić information content (AvgIpc) is 3.35. The summed E-state index contributed by atoms with van der Waals surface area (Å²) < 4.78 is 0. The molecule has 1 fully saturated rings. The number of nitrogens with zero attached hydrogens (tertiary/aromatic N) is 3. The number of nitrogens with one attached hydrogen (secondary N) is 1. The molecule has 1 N–H and O–H groups in total. The molecule has 2 amide bonds. The molecule has 4 rings (SSSR count). The number of amides is 2. The molecular weight excluding hydrogens is 396 g/mol. The van der Waals surface area contributed by atoms with Gasteiger partial charge < -0.3 is 4.90 Å². The molecule has 1 aromatic heterocycles. The second kappa shape index (κ2) is 8.59. The average molecular weight is 419 g/mol. The van der Waals surface area contributed by atoms with Crippen molar-refractivity contribution in [3.63, 3.8) is 0 Å². The number of hydrogen-bond donors (Lipinski definition) is 1. The highest BCUT2D eigenvalue weighted by molar-refractivity contribution is 7.15. The van der Waals surface area contributed by atoms with E-state index in [9.17, 15) is 9.59 Å². The van der Waals surface area contributed by atoms with Crippen LogP contribution in [0.3, 0.4) is 0 Å². The van der Waals surface area contributed by atoms with Gasteiger partial charge in [-0.3, -0.25) is 14.9 Å². The van der Waals surface area contributed by atoms with Gasteiger partial charge >= 0.3 is 0 Å². The molecule has 0 bridgehead atoms. The summed E-state index contributed by atoms with van der Waals surface area (Å²) in [5.41, 5.74) is 3.56. The van der Waals surface area contributed by atoms with Crippen molar-refractivity contribution in [1.29, 1.82) is 0 Å². The van der Waals surface area contributed by atoms with Crippen LogP contribution in [0.2, 0.25) is 0 Å². The van der Waals surface area contributed by atoms with E-state index in [1.165, 1.54) is 11.3 Å². The SMILES string of the molecule is C/C(=C\c1ccccc1)C(=O)Nc1nnc(C2CC(=O)N(c3cccc(C)c3)C2)s1. The van der Waals surface area contributed by atoms with Gasteiger partial charge in [0.2, 0.25) is 11.0 Å². The summed E-state index contributed by atoms with van der Waals surface area (Å²) in [7, 11) is 0. The molecule has 30 heavy (non-hydrogen) atoms. The molecular formula is C23H22N4O2S. The van der Waals surface area contributed by atoms with Gasteiger partial charge in [-0.25, -0.2) is 0 Å². The normalized spacial score (nSPS) is 16.7. The minimum absolute atomic E-state index is 0.0258. The predicted molar refractivity (Wildman–Crippen MR) is 120 cm³/mol. The zero-order valence-electron chi connectivity index (χ0n) is 16.8. The van der Waals surface area contributed by atoms with E-state index in [1.54, 1.807) is 11.8 Å². The molecule has 1 saturated heterocycles. The van der Waals surface area contributed by atoms with Gasteiger partial charge in [0.1, 0.15) is 5.01 Å². The lowest BCUT2D eigenvalue weighted by Gasteiger charge is -2.16. The number of aromatic nitrogens is 2. The van der Waals surface area contributed by atoms with Crippen LogP contribution in [-0.2, 0) is 9.59 Å². The summed E-state index contributed by atoms with van der Waals surface area (Å²) in [5.74, 6) is -0.166. The van der Waals surface area contributed by atoms with Crippen molar-refractivity contribution in [3.05, 3.63) is 76.3 Å². The Labute approximate surface area is 179 Å². The van der Waals surface area contributed by atoms with Crippen molar-refractivity contribution in [2.24, 2.45) is 0 Å². The highest BCUT2D eigenvalue weighted by atomic mass is 32.1. The highest BCUT2D eigenvalue weighted by Crippen LogP contribution is 2.34. The number of carbonyl (C=O) groups excluding carboxylic acids is 2. The van der Waals surface area contributed by atoms with Gasteiger partial charge in [-0.2, -0.15) is 0 Å². The van der Waals surface area contributed by atoms with Crippen molar-refractivity contribution in [2.75, 3.05) is 16.8 Å². The molecule has 1 unspecified atom stereocenters. The minimum atomic E-state index is -0.217. The molecule has 2 heterocycles. The lowest BCUT2D eigenvalue weighted by molar-refractivity contribution is -0.117. The van der Waals surface area contributed by atoms with Crippen LogP contribution in [0.15, 0.2) is 60.2 Å². The maximum Gasteiger partial charge on any atom is 0.253 e. The Morgan fingerprint density at radius 2 is 1.97 bits per heavy atom.